The van der Waals surface area contributed by atoms with Crippen LogP contribution in [0, 0.1) is 13.8 Å². The Morgan fingerprint density at radius 3 is 2.65 bits per heavy atom. The maximum absolute atomic E-state index is 6.21. The van der Waals surface area contributed by atoms with E-state index in [4.69, 9.17) is 5.73 Å². The van der Waals surface area contributed by atoms with Gasteiger partial charge in [-0.05, 0) is 37.8 Å². The zero-order valence-corrected chi connectivity index (χ0v) is 12.3. The molecule has 0 fully saturated rings. The lowest BCUT2D eigenvalue weighted by Crippen LogP contribution is -2.26. The van der Waals surface area contributed by atoms with Crippen molar-refractivity contribution >= 4 is 11.8 Å². The fourth-order valence-electron chi connectivity index (χ4n) is 1.77. The number of nitrogens with two attached hydrogens (primary N) is 1. The van der Waals surface area contributed by atoms with Gasteiger partial charge in [0.15, 0.2) is 0 Å². The Labute approximate surface area is 110 Å². The van der Waals surface area contributed by atoms with Crippen molar-refractivity contribution in [1.29, 1.82) is 0 Å². The Morgan fingerprint density at radius 2 is 2.00 bits per heavy atom. The highest BCUT2D eigenvalue weighted by Crippen LogP contribution is 2.17. The van der Waals surface area contributed by atoms with Gasteiger partial charge in [-0.25, -0.2) is 0 Å². The molecule has 2 heteroatoms. The quantitative estimate of drug-likeness (QED) is 0.834. The van der Waals surface area contributed by atoms with Crippen LogP contribution >= 0.6 is 11.8 Å². The summed E-state index contributed by atoms with van der Waals surface area (Å²) in [5.41, 5.74) is 10.3. The molecule has 17 heavy (non-hydrogen) atoms. The van der Waals surface area contributed by atoms with Gasteiger partial charge in [0.1, 0.15) is 0 Å². The minimum Gasteiger partial charge on any atom is -0.327 e. The number of aryl methyl sites for hydroxylation is 2. The molecule has 1 rings (SSSR count). The highest BCUT2D eigenvalue weighted by atomic mass is 32.2. The fourth-order valence-corrected chi connectivity index (χ4v) is 2.70. The van der Waals surface area contributed by atoms with Gasteiger partial charge in [-0.1, -0.05) is 37.6 Å². The molecule has 0 heterocycles. The van der Waals surface area contributed by atoms with E-state index < -0.39 is 0 Å². The minimum atomic E-state index is 0.273. The zero-order chi connectivity index (χ0) is 12.8. The van der Waals surface area contributed by atoms with Crippen LogP contribution < -0.4 is 5.73 Å². The second-order valence-electron chi connectivity index (χ2n) is 4.95. The summed E-state index contributed by atoms with van der Waals surface area (Å²) < 4.78 is 0. The van der Waals surface area contributed by atoms with Crippen LogP contribution in [0.3, 0.4) is 0 Å². The fraction of sp³-hybridized carbons (Fsp3) is 0.600. The lowest BCUT2D eigenvalue weighted by Gasteiger charge is -2.16. The van der Waals surface area contributed by atoms with Crippen LogP contribution in [0.2, 0.25) is 0 Å². The second-order valence-corrected chi connectivity index (χ2v) is 6.42. The van der Waals surface area contributed by atoms with Crippen molar-refractivity contribution in [2.24, 2.45) is 5.73 Å². The Bertz CT molecular complexity index is 349. The second kappa shape index (κ2) is 7.07. The summed E-state index contributed by atoms with van der Waals surface area (Å²) in [6.45, 7) is 8.81. The highest BCUT2D eigenvalue weighted by molar-refractivity contribution is 7.99. The average molecular weight is 251 g/mol. The summed E-state index contributed by atoms with van der Waals surface area (Å²) in [6.07, 6.45) is 2.22. The predicted octanol–water partition coefficient (Wildman–Crippen LogP) is 3.70. The first kappa shape index (κ1) is 14.6. The van der Waals surface area contributed by atoms with E-state index in [1.165, 1.54) is 23.1 Å². The first-order valence-electron chi connectivity index (χ1n) is 6.46. The smallest absolute Gasteiger partial charge is 0.0171 e. The van der Waals surface area contributed by atoms with E-state index in [0.717, 1.165) is 17.4 Å². The van der Waals surface area contributed by atoms with E-state index in [9.17, 15) is 0 Å². The molecule has 0 aliphatic carbocycles. The third-order valence-corrected chi connectivity index (χ3v) is 4.68. The summed E-state index contributed by atoms with van der Waals surface area (Å²) in [7, 11) is 0. The van der Waals surface area contributed by atoms with Crippen molar-refractivity contribution in [2.75, 3.05) is 5.75 Å². The van der Waals surface area contributed by atoms with Crippen molar-refractivity contribution in [3.8, 4) is 0 Å². The number of thioether (sulfide) groups is 1. The molecular weight excluding hydrogens is 226 g/mol. The molecule has 2 atom stereocenters. The van der Waals surface area contributed by atoms with Crippen LogP contribution in [0.15, 0.2) is 18.2 Å². The number of hydrogen-bond acceptors (Lipinski definition) is 2. The van der Waals surface area contributed by atoms with Gasteiger partial charge >= 0.3 is 0 Å². The largest absolute Gasteiger partial charge is 0.327 e. The molecule has 0 spiro atoms. The highest BCUT2D eigenvalue weighted by Gasteiger charge is 2.08. The summed E-state index contributed by atoms with van der Waals surface area (Å²) in [5, 5.41) is 0.722. The Morgan fingerprint density at radius 1 is 1.29 bits per heavy atom. The monoisotopic (exact) mass is 251 g/mol. The third-order valence-electron chi connectivity index (χ3n) is 3.16. The van der Waals surface area contributed by atoms with Gasteiger partial charge in [0.25, 0.3) is 0 Å². The molecular formula is C15H25NS. The van der Waals surface area contributed by atoms with Gasteiger partial charge in [0.2, 0.25) is 0 Å². The van der Waals surface area contributed by atoms with Crippen LogP contribution in [0.1, 0.15) is 37.0 Å². The summed E-state index contributed by atoms with van der Waals surface area (Å²) in [4.78, 5) is 0. The lowest BCUT2D eigenvalue weighted by atomic mass is 10.00. The van der Waals surface area contributed by atoms with E-state index >= 15 is 0 Å². The number of benzene rings is 1. The maximum atomic E-state index is 6.21. The molecule has 0 amide bonds. The van der Waals surface area contributed by atoms with Crippen LogP contribution in [-0.2, 0) is 6.42 Å². The van der Waals surface area contributed by atoms with Crippen molar-refractivity contribution in [3.63, 3.8) is 0 Å². The van der Waals surface area contributed by atoms with Crippen molar-refractivity contribution in [3.05, 3.63) is 34.9 Å². The summed E-state index contributed by atoms with van der Waals surface area (Å²) in [6, 6.07) is 6.90. The molecule has 0 bridgehead atoms. The van der Waals surface area contributed by atoms with Gasteiger partial charge < -0.3 is 5.73 Å². The molecule has 0 saturated heterocycles. The molecule has 0 aromatic heterocycles. The molecule has 1 aromatic rings. The van der Waals surface area contributed by atoms with Crippen LogP contribution in [0.4, 0.5) is 0 Å². The SMILES string of the molecule is CCC(C)SCC(N)Cc1cc(C)ccc1C. The van der Waals surface area contributed by atoms with E-state index in [-0.39, 0.29) is 6.04 Å². The molecule has 2 N–H and O–H groups in total. The Hall–Kier alpha value is -0.470. The first-order valence-corrected chi connectivity index (χ1v) is 7.51. The first-order chi connectivity index (χ1) is 8.02. The maximum Gasteiger partial charge on any atom is 0.0171 e. The van der Waals surface area contributed by atoms with E-state index in [1.54, 1.807) is 0 Å². The lowest BCUT2D eigenvalue weighted by molar-refractivity contribution is 0.741. The van der Waals surface area contributed by atoms with Crippen LogP contribution in [0.5, 0.6) is 0 Å². The van der Waals surface area contributed by atoms with Crippen molar-refractivity contribution < 1.29 is 0 Å². The number of rotatable bonds is 6. The molecule has 0 aliphatic rings. The van der Waals surface area contributed by atoms with Crippen LogP contribution in [0.25, 0.3) is 0 Å². The average Bonchev–Trinajstić information content (AvgIpc) is 2.30. The standard InChI is InChI=1S/C15H25NS/c1-5-13(4)17-10-15(16)9-14-8-11(2)6-7-12(14)3/h6-8,13,15H,5,9-10,16H2,1-4H3. The number of hydrogen-bond donors (Lipinski definition) is 1. The van der Waals surface area contributed by atoms with Crippen molar-refractivity contribution in [2.45, 2.75) is 51.8 Å². The minimum absolute atomic E-state index is 0.273. The Balaban J connectivity index is 2.50. The van der Waals surface area contributed by atoms with Gasteiger partial charge in [-0.3, -0.25) is 0 Å². The van der Waals surface area contributed by atoms with Crippen LogP contribution in [-0.4, -0.2) is 17.0 Å². The molecule has 0 radical (unpaired) electrons. The molecule has 96 valence electrons. The van der Waals surface area contributed by atoms with Gasteiger partial charge in [-0.2, -0.15) is 11.8 Å². The molecule has 0 saturated carbocycles. The predicted molar refractivity (Wildman–Crippen MR) is 79.8 cm³/mol. The van der Waals surface area contributed by atoms with E-state index in [1.807, 2.05) is 11.8 Å². The topological polar surface area (TPSA) is 26.0 Å². The Kier molecular flexibility index (Phi) is 6.07. The van der Waals surface area contributed by atoms with E-state index in [0.29, 0.717) is 0 Å². The molecule has 1 nitrogen and oxygen atoms in total. The normalized spacial score (nSPS) is 14.6. The zero-order valence-electron chi connectivity index (χ0n) is 11.5. The summed E-state index contributed by atoms with van der Waals surface area (Å²) in [5.74, 6) is 1.06. The van der Waals surface area contributed by atoms with Gasteiger partial charge in [-0.15, -0.1) is 0 Å². The van der Waals surface area contributed by atoms with Gasteiger partial charge in [0.05, 0.1) is 0 Å². The van der Waals surface area contributed by atoms with E-state index in [2.05, 4.69) is 45.9 Å². The molecule has 2 unspecified atom stereocenters. The molecule has 1 aromatic carbocycles. The molecule has 0 aliphatic heterocycles. The third kappa shape index (κ3) is 5.13. The summed E-state index contributed by atoms with van der Waals surface area (Å²) >= 11 is 1.99. The van der Waals surface area contributed by atoms with Gasteiger partial charge in [0, 0.05) is 17.0 Å². The van der Waals surface area contributed by atoms with Crippen molar-refractivity contribution in [1.82, 2.24) is 0 Å².